The van der Waals surface area contributed by atoms with E-state index in [1.54, 1.807) is 17.8 Å². The van der Waals surface area contributed by atoms with Crippen LogP contribution >= 0.6 is 11.8 Å². The summed E-state index contributed by atoms with van der Waals surface area (Å²) in [5, 5.41) is 3.03. The molecule has 1 aromatic heterocycles. The zero-order chi connectivity index (χ0) is 56.7. The first-order chi connectivity index (χ1) is 38.6. The molecule has 0 aliphatic heterocycles. The van der Waals surface area contributed by atoms with Crippen LogP contribution in [-0.2, 0) is 0 Å². The van der Waals surface area contributed by atoms with Gasteiger partial charge in [0.05, 0.1) is 11.0 Å². The van der Waals surface area contributed by atoms with E-state index in [0.717, 1.165) is 55.8 Å². The molecule has 0 saturated carbocycles. The van der Waals surface area contributed by atoms with Crippen LogP contribution in [0, 0.1) is 13.8 Å². The molecule has 4 heteroatoms. The molecule has 0 atom stereocenters. The molecule has 0 spiro atoms. The minimum atomic E-state index is 0.625. The molecule has 0 amide bonds. The fourth-order valence-electron chi connectivity index (χ4n) is 9.27. The van der Waals surface area contributed by atoms with Gasteiger partial charge in [0, 0.05) is 55.8 Å². The zero-order valence-corrected chi connectivity index (χ0v) is 49.0. The minimum Gasteiger partial charge on any atom is -0.311 e. The second-order valence-electron chi connectivity index (χ2n) is 18.6. The first kappa shape index (κ1) is 59.7. The molecule has 0 radical (unpaired) electrons. The number of thioether (sulfide) groups is 1. The van der Waals surface area contributed by atoms with E-state index in [0.29, 0.717) is 5.25 Å². The summed E-state index contributed by atoms with van der Waals surface area (Å²) in [5.41, 5.74) is 18.6. The first-order valence-corrected chi connectivity index (χ1v) is 28.5. The maximum absolute atomic E-state index is 4.06. The van der Waals surface area contributed by atoms with Crippen molar-refractivity contribution in [1.29, 1.82) is 0 Å². The molecule has 10 aromatic rings. The van der Waals surface area contributed by atoms with Crippen molar-refractivity contribution in [3.05, 3.63) is 302 Å². The van der Waals surface area contributed by atoms with Gasteiger partial charge in [-0.1, -0.05) is 219 Å². The third-order valence-electron chi connectivity index (χ3n) is 13.0. The Hall–Kier alpha value is -8.57. The summed E-state index contributed by atoms with van der Waals surface area (Å²) in [4.78, 5) is 5.71. The van der Waals surface area contributed by atoms with Gasteiger partial charge in [0.1, 0.15) is 0 Å². The molecule has 0 saturated heterocycles. The summed E-state index contributed by atoms with van der Waals surface area (Å²) in [5.74, 6) is 0. The predicted molar refractivity (Wildman–Crippen MR) is 354 cm³/mol. The van der Waals surface area contributed by atoms with Crippen LogP contribution in [0.5, 0.6) is 0 Å². The molecular weight excluding hydrogens is 975 g/mol. The van der Waals surface area contributed by atoms with E-state index in [1.165, 1.54) is 49.6 Å². The van der Waals surface area contributed by atoms with Crippen LogP contribution in [0.15, 0.2) is 285 Å². The number of hydrogen-bond acceptors (Lipinski definition) is 3. The van der Waals surface area contributed by atoms with E-state index < -0.39 is 0 Å². The van der Waals surface area contributed by atoms with Crippen molar-refractivity contribution < 1.29 is 0 Å². The number of allylic oxidation sites excluding steroid dienone is 6. The van der Waals surface area contributed by atoms with E-state index >= 15 is 0 Å². The molecule has 1 heterocycles. The van der Waals surface area contributed by atoms with Crippen LogP contribution in [-0.4, -0.2) is 9.82 Å². The smallest absolute Gasteiger partial charge is 0.0544 e. The Labute approximate surface area is 477 Å². The minimum absolute atomic E-state index is 0.625. The number of aromatic nitrogens is 1. The van der Waals surface area contributed by atoms with Gasteiger partial charge in [0.25, 0.3) is 0 Å². The Morgan fingerprint density at radius 1 is 0.494 bits per heavy atom. The molecule has 0 bridgehead atoms. The zero-order valence-electron chi connectivity index (χ0n) is 48.2. The van der Waals surface area contributed by atoms with Crippen molar-refractivity contribution in [3.8, 4) is 16.8 Å². The molecule has 10 rings (SSSR count). The van der Waals surface area contributed by atoms with Crippen molar-refractivity contribution in [2.45, 2.75) is 74.5 Å². The lowest BCUT2D eigenvalue weighted by Crippen LogP contribution is -2.10. The monoisotopic (exact) mass is 1050 g/mol. The van der Waals surface area contributed by atoms with Gasteiger partial charge in [0.2, 0.25) is 0 Å². The topological polar surface area (TPSA) is 11.4 Å². The van der Waals surface area contributed by atoms with Crippen molar-refractivity contribution in [2.24, 2.45) is 0 Å². The fourth-order valence-corrected chi connectivity index (χ4v) is 9.97. The van der Waals surface area contributed by atoms with Gasteiger partial charge >= 0.3 is 0 Å². The molecule has 0 fully saturated rings. The number of fused-ring (bicyclic) bond motifs is 3. The summed E-state index contributed by atoms with van der Waals surface area (Å²) < 4.78 is 2.40. The van der Waals surface area contributed by atoms with Crippen LogP contribution in [0.2, 0.25) is 0 Å². The normalized spacial score (nSPS) is 10.9. The molecule has 9 aromatic carbocycles. The standard InChI is InChI=1S/C57H47N3.C7H12S.C7H8.2C2H6/c1-5-19-52(41(3)6-2)53-40-55-54-39-51(36-37-56(54)60(57(55)38-42(53)4)48-26-17-10-18-27-48)59(47-24-15-9-16-25-47)50-34-30-44(31-35-50)43-28-32-49(33-29-43)58(45-20-11-7-12-21-45)46-22-13-8-14-23-46;1-5-7(4)8-6(2)3;1-7-5-3-2-4-6-7;2*1-2/h5-40H,1H2,2-4H3;5-6H,1,4H2,2-3H3;2-6H,1H3;2*1-2H3/b41-6-,52-19+;;;;. The number of hydrogen-bond donors (Lipinski definition) is 0. The Balaban J connectivity index is 0.000000456. The van der Waals surface area contributed by atoms with Gasteiger partial charge in [-0.05, 0) is 169 Å². The van der Waals surface area contributed by atoms with Crippen molar-refractivity contribution in [3.63, 3.8) is 0 Å². The highest BCUT2D eigenvalue weighted by Gasteiger charge is 2.20. The third kappa shape index (κ3) is 15.3. The van der Waals surface area contributed by atoms with E-state index in [-0.39, 0.29) is 0 Å². The van der Waals surface area contributed by atoms with Crippen LogP contribution in [0.1, 0.15) is 72.1 Å². The molecule has 400 valence electrons. The summed E-state index contributed by atoms with van der Waals surface area (Å²) in [6.45, 7) is 32.3. The van der Waals surface area contributed by atoms with Crippen LogP contribution in [0.4, 0.5) is 34.1 Å². The molecular formula is C75H79N3S. The number of anilines is 6. The Morgan fingerprint density at radius 2 is 0.899 bits per heavy atom. The van der Waals surface area contributed by atoms with E-state index in [4.69, 9.17) is 0 Å². The quantitative estimate of drug-likeness (QED) is 0.101. The van der Waals surface area contributed by atoms with Gasteiger partial charge in [0.15, 0.2) is 0 Å². The Bertz CT molecular complexity index is 3500. The summed E-state index contributed by atoms with van der Waals surface area (Å²) in [6, 6.07) is 82.1. The highest BCUT2D eigenvalue weighted by molar-refractivity contribution is 8.03. The fraction of sp³-hybridized carbons (Fsp3) is 0.147. The lowest BCUT2D eigenvalue weighted by Gasteiger charge is -2.26. The number of nitrogens with zero attached hydrogens (tertiary/aromatic N) is 3. The van der Waals surface area contributed by atoms with Gasteiger partial charge in [-0.3, -0.25) is 0 Å². The highest BCUT2D eigenvalue weighted by atomic mass is 32.2. The molecule has 0 aliphatic rings. The summed E-state index contributed by atoms with van der Waals surface area (Å²) in [7, 11) is 0. The molecule has 0 aliphatic carbocycles. The maximum atomic E-state index is 4.06. The number of benzene rings is 9. The van der Waals surface area contributed by atoms with Crippen molar-refractivity contribution in [1.82, 2.24) is 4.57 Å². The van der Waals surface area contributed by atoms with Gasteiger partial charge < -0.3 is 14.4 Å². The lowest BCUT2D eigenvalue weighted by atomic mass is 9.92. The maximum Gasteiger partial charge on any atom is 0.0544 e. The van der Waals surface area contributed by atoms with Crippen molar-refractivity contribution in [2.75, 3.05) is 9.80 Å². The average Bonchev–Trinajstić information content (AvgIpc) is 4.09. The molecule has 0 unspecified atom stereocenters. The second-order valence-corrected chi connectivity index (χ2v) is 20.3. The van der Waals surface area contributed by atoms with Gasteiger partial charge in [-0.2, -0.15) is 0 Å². The molecule has 79 heavy (non-hydrogen) atoms. The third-order valence-corrected chi connectivity index (χ3v) is 13.9. The highest BCUT2D eigenvalue weighted by Crippen LogP contribution is 2.42. The number of rotatable bonds is 14. The number of aryl methyl sites for hydroxylation is 2. The van der Waals surface area contributed by atoms with Crippen LogP contribution in [0.3, 0.4) is 0 Å². The largest absolute Gasteiger partial charge is 0.311 e. The SMILES string of the molecule is C=C/C=C(\C(C)=C/C)c1cc2c3cc(N(c4ccccc4)c4ccc(-c5ccc(N(c6ccccc6)c6ccccc6)cc5)cc4)ccc3n(-c3ccccc3)c2cc1C.C=CC(=C)SC(C)C.CC.CC.Cc1ccccc1. The molecule has 3 nitrogen and oxygen atoms in total. The van der Waals surface area contributed by atoms with E-state index in [1.807, 2.05) is 52.0 Å². The van der Waals surface area contributed by atoms with E-state index in [2.05, 4.69) is 300 Å². The number of para-hydroxylation sites is 4. The Morgan fingerprint density at radius 3 is 1.29 bits per heavy atom. The lowest BCUT2D eigenvalue weighted by molar-refractivity contribution is 1.12. The van der Waals surface area contributed by atoms with Crippen LogP contribution < -0.4 is 9.80 Å². The summed E-state index contributed by atoms with van der Waals surface area (Å²) in [6.07, 6.45) is 7.98. The van der Waals surface area contributed by atoms with Gasteiger partial charge in [-0.15, -0.1) is 11.8 Å². The average molecular weight is 1050 g/mol. The Kier molecular flexibility index (Phi) is 23.0. The van der Waals surface area contributed by atoms with E-state index in [9.17, 15) is 0 Å². The second kappa shape index (κ2) is 30.4. The molecule has 0 N–H and O–H groups in total. The predicted octanol–water partition coefficient (Wildman–Crippen LogP) is 23.1. The van der Waals surface area contributed by atoms with Crippen LogP contribution in [0.25, 0.3) is 44.2 Å². The summed E-state index contributed by atoms with van der Waals surface area (Å²) >= 11 is 1.74. The first-order valence-electron chi connectivity index (χ1n) is 27.6. The van der Waals surface area contributed by atoms with Gasteiger partial charge in [-0.25, -0.2) is 0 Å². The van der Waals surface area contributed by atoms with Crippen molar-refractivity contribution >= 4 is 73.3 Å².